The van der Waals surface area contributed by atoms with E-state index in [4.69, 9.17) is 14.7 Å². The van der Waals surface area contributed by atoms with Gasteiger partial charge in [-0.2, -0.15) is 0 Å². The fourth-order valence-corrected chi connectivity index (χ4v) is 6.52. The molecule has 6 nitrogen and oxygen atoms in total. The van der Waals surface area contributed by atoms with E-state index in [1.165, 1.54) is 64.2 Å². The highest BCUT2D eigenvalue weighted by atomic mass is 16.5. The number of para-hydroxylation sites is 2. The van der Waals surface area contributed by atoms with Crippen LogP contribution in [-0.4, -0.2) is 30.6 Å². The number of nitrogens with zero attached hydrogens (tertiary/aromatic N) is 5. The zero-order valence-corrected chi connectivity index (χ0v) is 24.9. The topological polar surface area (TPSA) is 65.7 Å². The van der Waals surface area contributed by atoms with Gasteiger partial charge in [0.2, 0.25) is 0 Å². The van der Waals surface area contributed by atoms with Crippen LogP contribution in [0.1, 0.15) is 109 Å². The highest BCUT2D eigenvalue weighted by molar-refractivity contribution is 6.11. The van der Waals surface area contributed by atoms with Crippen molar-refractivity contribution in [1.29, 1.82) is 0 Å². The summed E-state index contributed by atoms with van der Waals surface area (Å²) in [6.45, 7) is 6.55. The van der Waals surface area contributed by atoms with Crippen LogP contribution in [0, 0.1) is 0 Å². The van der Waals surface area contributed by atoms with Crippen molar-refractivity contribution < 1.29 is 4.74 Å². The molecule has 1 aliphatic rings. The summed E-state index contributed by atoms with van der Waals surface area (Å²) in [5.41, 5.74) is 5.15. The number of aryl methyl sites for hydroxylation is 1. The summed E-state index contributed by atoms with van der Waals surface area (Å²) in [4.78, 5) is 10.2. The van der Waals surface area contributed by atoms with Gasteiger partial charge in [0.25, 0.3) is 0 Å². The lowest BCUT2D eigenvalue weighted by atomic mass is 9.91. The van der Waals surface area contributed by atoms with Gasteiger partial charge < -0.3 is 4.74 Å². The third-order valence-electron chi connectivity index (χ3n) is 8.65. The third-order valence-corrected chi connectivity index (χ3v) is 8.65. The Morgan fingerprint density at radius 2 is 1.32 bits per heavy atom. The number of fused-ring (bicyclic) bond motifs is 7. The van der Waals surface area contributed by atoms with Crippen molar-refractivity contribution in [2.45, 2.75) is 109 Å². The van der Waals surface area contributed by atoms with Gasteiger partial charge in [0.1, 0.15) is 17.4 Å². The molecule has 0 saturated heterocycles. The van der Waals surface area contributed by atoms with Crippen molar-refractivity contribution in [3.8, 4) is 5.75 Å². The van der Waals surface area contributed by atoms with Crippen LogP contribution in [0.25, 0.3) is 32.8 Å². The minimum atomic E-state index is -0.520. The van der Waals surface area contributed by atoms with Crippen molar-refractivity contribution in [2.75, 3.05) is 0 Å². The van der Waals surface area contributed by atoms with Gasteiger partial charge in [0, 0.05) is 17.0 Å². The van der Waals surface area contributed by atoms with Gasteiger partial charge in [-0.25, -0.2) is 14.6 Å². The van der Waals surface area contributed by atoms with Gasteiger partial charge in [-0.05, 0) is 38.8 Å². The fourth-order valence-electron chi connectivity index (χ4n) is 6.52. The van der Waals surface area contributed by atoms with Crippen LogP contribution in [0.2, 0.25) is 0 Å². The minimum Gasteiger partial charge on any atom is -0.484 e. The zero-order chi connectivity index (χ0) is 28.2. The molecule has 0 N–H and O–H groups in total. The van der Waals surface area contributed by atoms with E-state index in [2.05, 4.69) is 61.5 Å². The van der Waals surface area contributed by atoms with Crippen LogP contribution in [0.3, 0.4) is 0 Å². The van der Waals surface area contributed by atoms with Crippen molar-refractivity contribution in [3.63, 3.8) is 0 Å². The Kier molecular flexibility index (Phi) is 8.18. The quantitative estimate of drug-likeness (QED) is 0.0832. The van der Waals surface area contributed by atoms with Gasteiger partial charge in [0.05, 0.1) is 33.3 Å². The normalized spacial score (nSPS) is 16.0. The lowest BCUT2D eigenvalue weighted by molar-refractivity contribution is 0.0945. The van der Waals surface area contributed by atoms with Crippen LogP contribution >= 0.6 is 0 Å². The molecule has 0 saturated carbocycles. The van der Waals surface area contributed by atoms with Crippen LogP contribution in [-0.2, 0) is 6.42 Å². The van der Waals surface area contributed by atoms with E-state index in [-0.39, 0.29) is 6.04 Å². The Labute approximate surface area is 243 Å². The van der Waals surface area contributed by atoms with E-state index in [0.29, 0.717) is 0 Å². The lowest BCUT2D eigenvalue weighted by Gasteiger charge is -2.26. The van der Waals surface area contributed by atoms with Crippen molar-refractivity contribution in [2.24, 2.45) is 0 Å². The molecule has 6 heteroatoms. The third kappa shape index (κ3) is 5.66. The SMILES string of the molecule is CCCCCCCCCCCCCc1cn(C2c3c(c4ccccc4c4nc5ccccc5nc34)OC2(C)C)nn1. The summed E-state index contributed by atoms with van der Waals surface area (Å²) in [6, 6.07) is 16.3. The monoisotopic (exact) mass is 549 g/mol. The number of rotatable bonds is 13. The minimum absolute atomic E-state index is 0.154. The summed E-state index contributed by atoms with van der Waals surface area (Å²) in [5.74, 6) is 0.884. The molecule has 0 bridgehead atoms. The van der Waals surface area contributed by atoms with E-state index >= 15 is 0 Å². The fraction of sp³-hybridized carbons (Fsp3) is 0.486. The Morgan fingerprint density at radius 1 is 0.732 bits per heavy atom. The van der Waals surface area contributed by atoms with E-state index in [1.54, 1.807) is 0 Å². The average molecular weight is 550 g/mol. The second kappa shape index (κ2) is 12.1. The first-order valence-electron chi connectivity index (χ1n) is 15.8. The standard InChI is InChI=1S/C35H43N5O/c1-4-5-6-7-8-9-10-11-12-13-14-19-25-24-40(39-38-25)34-30-32-31(36-28-22-17-18-23-29(28)37-32)26-20-15-16-21-27(26)33(30)41-35(34,2)3/h15-18,20-24,34H,4-14,19H2,1-3H3. The van der Waals surface area contributed by atoms with E-state index < -0.39 is 5.60 Å². The number of benzene rings is 3. The number of hydrogen-bond acceptors (Lipinski definition) is 5. The van der Waals surface area contributed by atoms with E-state index in [1.807, 2.05) is 28.9 Å². The zero-order valence-electron chi connectivity index (χ0n) is 24.9. The Bertz CT molecular complexity index is 1640. The molecule has 0 spiro atoms. The van der Waals surface area contributed by atoms with Crippen LogP contribution in [0.4, 0.5) is 0 Å². The van der Waals surface area contributed by atoms with Crippen LogP contribution in [0.15, 0.2) is 54.7 Å². The maximum Gasteiger partial charge on any atom is 0.135 e. The molecular weight excluding hydrogens is 506 g/mol. The summed E-state index contributed by atoms with van der Waals surface area (Å²) >= 11 is 0. The van der Waals surface area contributed by atoms with Crippen molar-refractivity contribution >= 4 is 32.8 Å². The molecule has 41 heavy (non-hydrogen) atoms. The van der Waals surface area contributed by atoms with Crippen molar-refractivity contribution in [3.05, 3.63) is 66.0 Å². The molecule has 2 aromatic heterocycles. The molecule has 214 valence electrons. The summed E-state index contributed by atoms with van der Waals surface area (Å²) in [6.07, 6.45) is 17.8. The number of hydrogen-bond donors (Lipinski definition) is 0. The first-order chi connectivity index (χ1) is 20.1. The van der Waals surface area contributed by atoms with Crippen LogP contribution in [0.5, 0.6) is 5.75 Å². The average Bonchev–Trinajstić information content (AvgIpc) is 3.56. The second-order valence-electron chi connectivity index (χ2n) is 12.3. The molecule has 1 aliphatic heterocycles. The smallest absolute Gasteiger partial charge is 0.135 e. The summed E-state index contributed by atoms with van der Waals surface area (Å²) in [5, 5.41) is 11.4. The lowest BCUT2D eigenvalue weighted by Crippen LogP contribution is -2.35. The second-order valence-corrected chi connectivity index (χ2v) is 12.3. The molecule has 0 fully saturated rings. The first-order valence-corrected chi connectivity index (χ1v) is 15.8. The summed E-state index contributed by atoms with van der Waals surface area (Å²) < 4.78 is 8.72. The van der Waals surface area contributed by atoms with Gasteiger partial charge in [-0.15, -0.1) is 5.10 Å². The number of aromatic nitrogens is 5. The predicted molar refractivity (Wildman–Crippen MR) is 168 cm³/mol. The van der Waals surface area contributed by atoms with Crippen molar-refractivity contribution in [1.82, 2.24) is 25.0 Å². The number of unbranched alkanes of at least 4 members (excludes halogenated alkanes) is 10. The highest BCUT2D eigenvalue weighted by Gasteiger charge is 2.46. The Morgan fingerprint density at radius 3 is 2.00 bits per heavy atom. The highest BCUT2D eigenvalue weighted by Crippen LogP contribution is 2.51. The molecule has 6 rings (SSSR count). The largest absolute Gasteiger partial charge is 0.484 e. The molecule has 0 aliphatic carbocycles. The maximum absolute atomic E-state index is 6.72. The Hall–Kier alpha value is -3.54. The molecule has 3 heterocycles. The van der Waals surface area contributed by atoms with Gasteiger partial charge in [-0.1, -0.05) is 113 Å². The predicted octanol–water partition coefficient (Wildman–Crippen LogP) is 9.14. The molecule has 0 radical (unpaired) electrons. The molecule has 5 aromatic rings. The molecule has 0 amide bonds. The van der Waals surface area contributed by atoms with Crippen LogP contribution < -0.4 is 4.74 Å². The first kappa shape index (κ1) is 27.6. The summed E-state index contributed by atoms with van der Waals surface area (Å²) in [7, 11) is 0. The van der Waals surface area contributed by atoms with E-state index in [9.17, 15) is 0 Å². The molecule has 1 unspecified atom stereocenters. The molecular formula is C35H43N5O. The van der Waals surface area contributed by atoms with Gasteiger partial charge >= 0.3 is 0 Å². The molecule has 3 aromatic carbocycles. The number of ether oxygens (including phenoxy) is 1. The van der Waals surface area contributed by atoms with Gasteiger partial charge in [-0.3, -0.25) is 0 Å². The maximum atomic E-state index is 6.72. The Balaban J connectivity index is 1.20. The molecule has 1 atom stereocenters. The van der Waals surface area contributed by atoms with E-state index in [0.717, 1.165) is 62.7 Å². The van der Waals surface area contributed by atoms with Gasteiger partial charge in [0.15, 0.2) is 0 Å².